The second-order valence-corrected chi connectivity index (χ2v) is 7.09. The summed E-state index contributed by atoms with van der Waals surface area (Å²) in [5, 5.41) is 8.12. The van der Waals surface area contributed by atoms with Crippen molar-refractivity contribution in [2.45, 2.75) is 44.8 Å². The average molecular weight is 249 g/mol. The minimum Gasteiger partial charge on any atom is -0.395 e. The summed E-state index contributed by atoms with van der Waals surface area (Å²) in [6.07, 6.45) is 4.77. The summed E-state index contributed by atoms with van der Waals surface area (Å²) >= 11 is 0. The van der Waals surface area contributed by atoms with Crippen LogP contribution >= 0.6 is 0 Å². The van der Waals surface area contributed by atoms with E-state index in [9.17, 15) is 8.42 Å². The van der Waals surface area contributed by atoms with Crippen LogP contribution in [0.5, 0.6) is 0 Å². The molecule has 0 amide bonds. The van der Waals surface area contributed by atoms with Gasteiger partial charge < -0.3 is 5.11 Å². The van der Waals surface area contributed by atoms with Crippen LogP contribution in [0.2, 0.25) is 0 Å². The highest BCUT2D eigenvalue weighted by Crippen LogP contribution is 2.29. The molecule has 0 aromatic carbocycles. The predicted molar refractivity (Wildman–Crippen MR) is 64.6 cm³/mol. The first kappa shape index (κ1) is 13.9. The maximum atomic E-state index is 11.6. The molecule has 4 nitrogen and oxygen atoms in total. The van der Waals surface area contributed by atoms with Gasteiger partial charge in [0.2, 0.25) is 10.0 Å². The Balaban J connectivity index is 2.44. The van der Waals surface area contributed by atoms with Gasteiger partial charge in [0, 0.05) is 6.54 Å². The SMILES string of the molecule is CC1CCCCC1CNS(=O)(=O)C(C)CO. The lowest BCUT2D eigenvalue weighted by Gasteiger charge is -2.29. The van der Waals surface area contributed by atoms with Crippen molar-refractivity contribution in [3.8, 4) is 0 Å². The van der Waals surface area contributed by atoms with Crippen molar-refractivity contribution in [2.24, 2.45) is 11.8 Å². The molecule has 5 heteroatoms. The van der Waals surface area contributed by atoms with Gasteiger partial charge in [0.05, 0.1) is 11.9 Å². The minimum atomic E-state index is -3.33. The summed E-state index contributed by atoms with van der Waals surface area (Å²) in [6, 6.07) is 0. The first-order valence-corrected chi connectivity index (χ1v) is 7.61. The van der Waals surface area contributed by atoms with E-state index < -0.39 is 15.3 Å². The van der Waals surface area contributed by atoms with Gasteiger partial charge in [-0.05, 0) is 25.2 Å². The largest absolute Gasteiger partial charge is 0.395 e. The fourth-order valence-electron chi connectivity index (χ4n) is 2.16. The molecule has 0 aliphatic heterocycles. The van der Waals surface area contributed by atoms with Crippen LogP contribution in [0.25, 0.3) is 0 Å². The van der Waals surface area contributed by atoms with Crippen LogP contribution in [0.3, 0.4) is 0 Å². The molecule has 1 fully saturated rings. The molecule has 0 aromatic heterocycles. The van der Waals surface area contributed by atoms with Gasteiger partial charge >= 0.3 is 0 Å². The van der Waals surface area contributed by atoms with Crippen molar-refractivity contribution in [3.63, 3.8) is 0 Å². The molecule has 0 saturated heterocycles. The van der Waals surface area contributed by atoms with Gasteiger partial charge in [0.25, 0.3) is 0 Å². The Hall–Kier alpha value is -0.130. The lowest BCUT2D eigenvalue weighted by molar-refractivity contribution is 0.256. The monoisotopic (exact) mass is 249 g/mol. The number of sulfonamides is 1. The first-order valence-electron chi connectivity index (χ1n) is 6.06. The van der Waals surface area contributed by atoms with Crippen LogP contribution in [-0.4, -0.2) is 31.9 Å². The van der Waals surface area contributed by atoms with E-state index in [-0.39, 0.29) is 6.61 Å². The smallest absolute Gasteiger partial charge is 0.216 e. The second kappa shape index (κ2) is 5.98. The van der Waals surface area contributed by atoms with Crippen LogP contribution in [0.1, 0.15) is 39.5 Å². The Bertz CT molecular complexity index is 302. The van der Waals surface area contributed by atoms with Gasteiger partial charge in [-0.2, -0.15) is 0 Å². The Morgan fingerprint density at radius 1 is 1.38 bits per heavy atom. The molecule has 3 atom stereocenters. The maximum absolute atomic E-state index is 11.6. The van der Waals surface area contributed by atoms with E-state index in [1.807, 2.05) is 0 Å². The van der Waals surface area contributed by atoms with Crippen LogP contribution in [-0.2, 0) is 10.0 Å². The van der Waals surface area contributed by atoms with Gasteiger partial charge in [-0.15, -0.1) is 0 Å². The molecule has 0 bridgehead atoms. The molecular formula is C11H23NO3S. The molecule has 0 radical (unpaired) electrons. The minimum absolute atomic E-state index is 0.324. The molecule has 0 aromatic rings. The summed E-state index contributed by atoms with van der Waals surface area (Å²) in [4.78, 5) is 0. The Kier molecular flexibility index (Phi) is 5.21. The quantitative estimate of drug-likeness (QED) is 0.767. The lowest BCUT2D eigenvalue weighted by Crippen LogP contribution is -2.39. The summed E-state index contributed by atoms with van der Waals surface area (Å²) in [5.41, 5.74) is 0. The number of nitrogens with one attached hydrogen (secondary N) is 1. The van der Waals surface area contributed by atoms with Crippen molar-refractivity contribution in [2.75, 3.05) is 13.2 Å². The first-order chi connectivity index (χ1) is 7.47. The lowest BCUT2D eigenvalue weighted by atomic mass is 9.81. The third-order valence-electron chi connectivity index (χ3n) is 3.62. The topological polar surface area (TPSA) is 66.4 Å². The van der Waals surface area contributed by atoms with Crippen molar-refractivity contribution in [1.29, 1.82) is 0 Å². The Morgan fingerprint density at radius 2 is 2.00 bits per heavy atom. The van der Waals surface area contributed by atoms with Gasteiger partial charge in [-0.1, -0.05) is 26.2 Å². The molecule has 1 saturated carbocycles. The summed E-state index contributed by atoms with van der Waals surface area (Å²) < 4.78 is 25.9. The van der Waals surface area contributed by atoms with E-state index in [1.165, 1.54) is 26.2 Å². The fourth-order valence-corrected chi connectivity index (χ4v) is 3.09. The third kappa shape index (κ3) is 3.71. The summed E-state index contributed by atoms with van der Waals surface area (Å²) in [7, 11) is -3.33. The number of aliphatic hydroxyl groups excluding tert-OH is 1. The highest BCUT2D eigenvalue weighted by molar-refractivity contribution is 7.90. The standard InChI is InChI=1S/C11H23NO3S/c1-9-5-3-4-6-11(9)7-12-16(14,15)10(2)8-13/h9-13H,3-8H2,1-2H3. The molecule has 1 aliphatic carbocycles. The zero-order chi connectivity index (χ0) is 12.2. The normalized spacial score (nSPS) is 28.9. The van der Waals surface area contributed by atoms with Crippen molar-refractivity contribution >= 4 is 10.0 Å². The van der Waals surface area contributed by atoms with Gasteiger partial charge in [-0.25, -0.2) is 13.1 Å². The Labute approximate surface area is 98.5 Å². The number of rotatable bonds is 5. The van der Waals surface area contributed by atoms with E-state index in [0.29, 0.717) is 18.4 Å². The summed E-state index contributed by atoms with van der Waals surface area (Å²) in [5.74, 6) is 1.05. The van der Waals surface area contributed by atoms with Crippen LogP contribution in [0.15, 0.2) is 0 Å². The van der Waals surface area contributed by atoms with Gasteiger partial charge in [0.1, 0.15) is 0 Å². The van der Waals surface area contributed by atoms with Crippen LogP contribution in [0.4, 0.5) is 0 Å². The van der Waals surface area contributed by atoms with E-state index >= 15 is 0 Å². The third-order valence-corrected chi connectivity index (χ3v) is 5.40. The summed E-state index contributed by atoms with van der Waals surface area (Å²) in [6.45, 7) is 3.91. The molecular weight excluding hydrogens is 226 g/mol. The zero-order valence-electron chi connectivity index (χ0n) is 10.1. The molecule has 0 heterocycles. The van der Waals surface area contributed by atoms with Gasteiger partial charge in [-0.3, -0.25) is 0 Å². The second-order valence-electron chi connectivity index (χ2n) is 4.91. The highest BCUT2D eigenvalue weighted by Gasteiger charge is 2.25. The number of hydrogen-bond donors (Lipinski definition) is 2. The van der Waals surface area contributed by atoms with Crippen molar-refractivity contribution in [1.82, 2.24) is 4.72 Å². The number of hydrogen-bond acceptors (Lipinski definition) is 3. The van der Waals surface area contributed by atoms with Crippen molar-refractivity contribution < 1.29 is 13.5 Å². The molecule has 1 aliphatic rings. The predicted octanol–water partition coefficient (Wildman–Crippen LogP) is 1.11. The van der Waals surface area contributed by atoms with Crippen molar-refractivity contribution in [3.05, 3.63) is 0 Å². The average Bonchev–Trinajstić information content (AvgIpc) is 2.27. The van der Waals surface area contributed by atoms with Crippen LogP contribution in [0, 0.1) is 11.8 Å². The molecule has 1 rings (SSSR count). The van der Waals surface area contributed by atoms with E-state index in [2.05, 4.69) is 11.6 Å². The molecule has 0 spiro atoms. The highest BCUT2D eigenvalue weighted by atomic mass is 32.2. The van der Waals surface area contributed by atoms with E-state index in [4.69, 9.17) is 5.11 Å². The number of aliphatic hydroxyl groups is 1. The fraction of sp³-hybridized carbons (Fsp3) is 1.00. The Morgan fingerprint density at radius 3 is 2.56 bits per heavy atom. The van der Waals surface area contributed by atoms with E-state index in [1.54, 1.807) is 0 Å². The van der Waals surface area contributed by atoms with E-state index in [0.717, 1.165) is 6.42 Å². The zero-order valence-corrected chi connectivity index (χ0v) is 11.0. The molecule has 3 unspecified atom stereocenters. The molecule has 96 valence electrons. The maximum Gasteiger partial charge on any atom is 0.216 e. The van der Waals surface area contributed by atoms with Gasteiger partial charge in [0.15, 0.2) is 0 Å². The molecule has 16 heavy (non-hydrogen) atoms. The van der Waals surface area contributed by atoms with Crippen LogP contribution < -0.4 is 4.72 Å². The molecule has 2 N–H and O–H groups in total.